The maximum Gasteiger partial charge on any atom is 0.267 e. The molecular formula is C16H18N6O3S. The van der Waals surface area contributed by atoms with Gasteiger partial charge in [-0.1, -0.05) is 0 Å². The number of nitrogens with zero attached hydrogens (tertiary/aromatic N) is 5. The molecule has 3 aromatic heterocycles. The first kappa shape index (κ1) is 17.8. The normalized spacial score (nSPS) is 11.5. The lowest BCUT2D eigenvalue weighted by molar-refractivity contribution is 0.0980. The van der Waals surface area contributed by atoms with Crippen molar-refractivity contribution in [2.24, 2.45) is 7.05 Å². The molecule has 0 fully saturated rings. The lowest BCUT2D eigenvalue weighted by Gasteiger charge is -2.09. The molecule has 0 atom stereocenters. The molecule has 1 N–H and O–H groups in total. The number of aryl methyl sites for hydroxylation is 4. The molecule has 0 spiro atoms. The average Bonchev–Trinajstić information content (AvgIpc) is 3.12. The smallest absolute Gasteiger partial charge is 0.267 e. The molecule has 0 saturated heterocycles. The Kier molecular flexibility index (Phi) is 4.36. The molecule has 10 heteroatoms. The van der Waals surface area contributed by atoms with Gasteiger partial charge in [-0.25, -0.2) is 22.8 Å². The monoisotopic (exact) mass is 374 g/mol. The summed E-state index contributed by atoms with van der Waals surface area (Å²) in [6.07, 6.45) is 3.10. The number of hydrogen-bond acceptors (Lipinski definition) is 6. The van der Waals surface area contributed by atoms with Crippen molar-refractivity contribution < 1.29 is 13.2 Å². The van der Waals surface area contributed by atoms with Crippen LogP contribution in [0.3, 0.4) is 0 Å². The van der Waals surface area contributed by atoms with E-state index in [0.29, 0.717) is 17.2 Å². The van der Waals surface area contributed by atoms with Crippen LogP contribution in [0.25, 0.3) is 5.82 Å². The topological polar surface area (TPSA) is 112 Å². The van der Waals surface area contributed by atoms with Crippen LogP contribution in [0.2, 0.25) is 0 Å². The Bertz CT molecular complexity index is 1100. The predicted molar refractivity (Wildman–Crippen MR) is 93.4 cm³/mol. The minimum Gasteiger partial charge on any atom is -0.274 e. The van der Waals surface area contributed by atoms with Gasteiger partial charge in [0.1, 0.15) is 4.90 Å². The fourth-order valence-electron chi connectivity index (χ4n) is 2.53. The van der Waals surface area contributed by atoms with Gasteiger partial charge in [-0.2, -0.15) is 10.2 Å². The van der Waals surface area contributed by atoms with Crippen LogP contribution in [-0.2, 0) is 17.1 Å². The highest BCUT2D eigenvalue weighted by molar-refractivity contribution is 7.90. The quantitative estimate of drug-likeness (QED) is 0.730. The first-order valence-electron chi connectivity index (χ1n) is 7.75. The fourth-order valence-corrected chi connectivity index (χ4v) is 3.72. The molecule has 0 aliphatic rings. The Morgan fingerprint density at radius 3 is 2.35 bits per heavy atom. The van der Waals surface area contributed by atoms with Crippen molar-refractivity contribution in [3.63, 3.8) is 0 Å². The summed E-state index contributed by atoms with van der Waals surface area (Å²) >= 11 is 0. The van der Waals surface area contributed by atoms with E-state index in [1.807, 2.05) is 13.0 Å². The van der Waals surface area contributed by atoms with E-state index in [-0.39, 0.29) is 10.5 Å². The molecule has 0 aliphatic carbocycles. The summed E-state index contributed by atoms with van der Waals surface area (Å²) < 4.78 is 29.9. The van der Waals surface area contributed by atoms with E-state index in [4.69, 9.17) is 0 Å². The third-order valence-corrected chi connectivity index (χ3v) is 5.19. The molecule has 1 amide bonds. The summed E-state index contributed by atoms with van der Waals surface area (Å²) in [5.41, 5.74) is 1.71. The molecule has 0 radical (unpaired) electrons. The second kappa shape index (κ2) is 6.37. The Morgan fingerprint density at radius 2 is 1.81 bits per heavy atom. The van der Waals surface area contributed by atoms with Gasteiger partial charge < -0.3 is 0 Å². The van der Waals surface area contributed by atoms with Gasteiger partial charge in [0.05, 0.1) is 22.6 Å². The summed E-state index contributed by atoms with van der Waals surface area (Å²) in [6.45, 7) is 5.06. The molecule has 136 valence electrons. The van der Waals surface area contributed by atoms with Crippen molar-refractivity contribution in [1.29, 1.82) is 0 Å². The van der Waals surface area contributed by atoms with Gasteiger partial charge in [0, 0.05) is 19.4 Å². The number of sulfonamides is 1. The van der Waals surface area contributed by atoms with E-state index in [1.165, 1.54) is 16.9 Å². The Hall–Kier alpha value is -3.01. The number of carbonyl (C=O) groups excluding carboxylic acids is 1. The largest absolute Gasteiger partial charge is 0.274 e. The van der Waals surface area contributed by atoms with Crippen molar-refractivity contribution in [2.45, 2.75) is 25.7 Å². The highest BCUT2D eigenvalue weighted by Gasteiger charge is 2.24. The van der Waals surface area contributed by atoms with Gasteiger partial charge in [-0.15, -0.1) is 0 Å². The highest BCUT2D eigenvalue weighted by Crippen LogP contribution is 2.15. The minimum absolute atomic E-state index is 0.0393. The van der Waals surface area contributed by atoms with Gasteiger partial charge in [0.2, 0.25) is 0 Å². The van der Waals surface area contributed by atoms with E-state index < -0.39 is 15.9 Å². The van der Waals surface area contributed by atoms with Crippen LogP contribution in [0.4, 0.5) is 0 Å². The van der Waals surface area contributed by atoms with E-state index in [2.05, 4.69) is 19.9 Å². The van der Waals surface area contributed by atoms with Gasteiger partial charge in [0.15, 0.2) is 5.82 Å². The summed E-state index contributed by atoms with van der Waals surface area (Å²) in [5.74, 6) is -0.209. The van der Waals surface area contributed by atoms with Gasteiger partial charge in [-0.3, -0.25) is 9.48 Å². The van der Waals surface area contributed by atoms with Crippen LogP contribution < -0.4 is 4.72 Å². The third kappa shape index (κ3) is 3.36. The molecule has 0 aromatic carbocycles. The second-order valence-electron chi connectivity index (χ2n) is 5.89. The lowest BCUT2D eigenvalue weighted by atomic mass is 10.2. The third-order valence-electron chi connectivity index (χ3n) is 3.76. The number of rotatable bonds is 4. The van der Waals surface area contributed by atoms with Gasteiger partial charge in [0.25, 0.3) is 15.9 Å². The van der Waals surface area contributed by atoms with Crippen LogP contribution >= 0.6 is 0 Å². The fraction of sp³-hybridized carbons (Fsp3) is 0.250. The van der Waals surface area contributed by atoms with Crippen LogP contribution in [0, 0.1) is 20.8 Å². The van der Waals surface area contributed by atoms with E-state index >= 15 is 0 Å². The first-order valence-corrected chi connectivity index (χ1v) is 9.23. The van der Waals surface area contributed by atoms with E-state index in [1.54, 1.807) is 37.8 Å². The number of amides is 1. The summed E-state index contributed by atoms with van der Waals surface area (Å²) in [6, 6.07) is 4.96. The Labute approximate surface area is 150 Å². The second-order valence-corrected chi connectivity index (χ2v) is 7.54. The SMILES string of the molecule is Cc1ccn(-c2ccc(C(=O)NS(=O)(=O)c3cn(C)nc3C)c(C)n2)n1. The van der Waals surface area contributed by atoms with Crippen molar-refractivity contribution in [3.8, 4) is 5.82 Å². The van der Waals surface area contributed by atoms with E-state index in [9.17, 15) is 13.2 Å². The maximum atomic E-state index is 12.4. The number of nitrogens with one attached hydrogen (secondary N) is 1. The predicted octanol–water partition coefficient (Wildman–Crippen LogP) is 1.04. The number of aromatic nitrogens is 5. The molecule has 26 heavy (non-hydrogen) atoms. The van der Waals surface area contributed by atoms with Crippen molar-refractivity contribution >= 4 is 15.9 Å². The van der Waals surface area contributed by atoms with Crippen LogP contribution in [0.15, 0.2) is 35.5 Å². The zero-order valence-electron chi connectivity index (χ0n) is 14.8. The zero-order valence-corrected chi connectivity index (χ0v) is 15.6. The maximum absolute atomic E-state index is 12.4. The first-order chi connectivity index (χ1) is 12.2. The molecule has 0 bridgehead atoms. The molecule has 3 heterocycles. The molecular weight excluding hydrogens is 356 g/mol. The molecule has 0 unspecified atom stereocenters. The number of hydrogen-bond donors (Lipinski definition) is 1. The highest BCUT2D eigenvalue weighted by atomic mass is 32.2. The van der Waals surface area contributed by atoms with Gasteiger partial charge in [-0.05, 0) is 39.0 Å². The minimum atomic E-state index is -4.02. The molecule has 9 nitrogen and oxygen atoms in total. The van der Waals surface area contributed by atoms with Crippen molar-refractivity contribution in [3.05, 3.63) is 53.2 Å². The van der Waals surface area contributed by atoms with Gasteiger partial charge >= 0.3 is 0 Å². The van der Waals surface area contributed by atoms with Crippen LogP contribution in [0.1, 0.15) is 27.4 Å². The van der Waals surface area contributed by atoms with Crippen LogP contribution in [0.5, 0.6) is 0 Å². The Balaban J connectivity index is 1.87. The Morgan fingerprint density at radius 1 is 1.08 bits per heavy atom. The number of pyridine rings is 1. The zero-order chi connectivity index (χ0) is 19.1. The standard InChI is InChI=1S/C16H18N6O3S/c1-10-7-8-22(18-10)15-6-5-13(11(2)17-15)16(23)20-26(24,25)14-9-21(4)19-12(14)3/h5-9H,1-4H3,(H,20,23). The molecule has 3 rings (SSSR count). The average molecular weight is 374 g/mol. The van der Waals surface area contributed by atoms with Crippen LogP contribution in [-0.4, -0.2) is 38.9 Å². The molecule has 3 aromatic rings. The summed E-state index contributed by atoms with van der Waals surface area (Å²) in [7, 11) is -2.41. The summed E-state index contributed by atoms with van der Waals surface area (Å²) in [5, 5.41) is 8.24. The van der Waals surface area contributed by atoms with Crippen molar-refractivity contribution in [1.82, 2.24) is 29.3 Å². The molecule has 0 aliphatic heterocycles. The summed E-state index contributed by atoms with van der Waals surface area (Å²) in [4.78, 5) is 16.7. The van der Waals surface area contributed by atoms with Crippen molar-refractivity contribution in [2.75, 3.05) is 0 Å². The number of carbonyl (C=O) groups is 1. The van der Waals surface area contributed by atoms with E-state index in [0.717, 1.165) is 5.69 Å². The lowest BCUT2D eigenvalue weighted by Crippen LogP contribution is -2.31. The molecule has 0 saturated carbocycles.